The van der Waals surface area contributed by atoms with Gasteiger partial charge < -0.3 is 28.8 Å². The molecule has 0 aliphatic heterocycles. The van der Waals surface area contributed by atoms with Gasteiger partial charge in [-0.15, -0.1) is 0 Å². The fourth-order valence-electron chi connectivity index (χ4n) is 5.57. The highest BCUT2D eigenvalue weighted by molar-refractivity contribution is 6.80. The molecule has 0 spiro atoms. The lowest BCUT2D eigenvalue weighted by Gasteiger charge is -2.32. The van der Waals surface area contributed by atoms with E-state index in [1.54, 1.807) is 6.92 Å². The summed E-state index contributed by atoms with van der Waals surface area (Å²) in [5, 5.41) is 8.94. The molecule has 14 nitrogen and oxygen atoms in total. The number of aliphatic hydroxyl groups excluding tert-OH is 1. The number of nitrogens with zero attached hydrogens (tertiary/aromatic N) is 2. The fraction of sp³-hybridized carbons (Fsp3) is 0.349. The molecule has 0 aliphatic rings. The Morgan fingerprint density at radius 2 is 1.02 bits per heavy atom. The average Bonchev–Trinajstić information content (AvgIpc) is 3.22. The molecule has 4 aromatic rings. The van der Waals surface area contributed by atoms with Crippen molar-refractivity contribution in [2.75, 3.05) is 27.4 Å². The van der Waals surface area contributed by atoms with Crippen molar-refractivity contribution < 1.29 is 75.1 Å². The van der Waals surface area contributed by atoms with Crippen LogP contribution >= 0.6 is 58.0 Å². The molecule has 2 aromatic carbocycles. The molecule has 0 saturated heterocycles. The maximum Gasteiger partial charge on any atom is 0.418 e. The molecule has 0 aliphatic carbocycles. The summed E-state index contributed by atoms with van der Waals surface area (Å²) in [4.78, 5) is 76.3. The Morgan fingerprint density at radius 1 is 0.621 bits per heavy atom. The molecule has 23 heteroatoms. The van der Waals surface area contributed by atoms with Crippen molar-refractivity contribution >= 4 is 93.1 Å². The molecule has 2 unspecified atom stereocenters. The maximum atomic E-state index is 14.6. The van der Waals surface area contributed by atoms with Crippen LogP contribution in [0.3, 0.4) is 0 Å². The SMILES string of the molecule is C.CCOC(=O)C(=O)Cl.CCOC(=O)C(=O)OC(c1c(-c2ccc(F)cc2F)cc(Cl)nc1Cl)C(C)(C)C(=O)OC.COC(=O)C(C)(C)C(O)c1c(-c2ccc(F)cc2F)cc(Cl)nc1Cl. The number of methoxy groups -OCH3 is 2. The smallest absolute Gasteiger partial charge is 0.418 e. The minimum absolute atomic E-state index is 0. The number of aromatic nitrogens is 2. The molecule has 66 heavy (non-hydrogen) atoms. The quantitative estimate of drug-likeness (QED) is 0.0352. The number of hydrogen-bond acceptors (Lipinski definition) is 14. The van der Waals surface area contributed by atoms with Crippen LogP contribution in [-0.4, -0.2) is 77.6 Å². The number of ether oxygens (including phenoxy) is 5. The van der Waals surface area contributed by atoms with Gasteiger partial charge in [0.1, 0.15) is 55.4 Å². The van der Waals surface area contributed by atoms with Crippen molar-refractivity contribution in [2.45, 2.75) is 61.2 Å². The molecule has 0 amide bonds. The molecule has 0 fully saturated rings. The van der Waals surface area contributed by atoms with Gasteiger partial charge >= 0.3 is 35.1 Å². The van der Waals surface area contributed by atoms with E-state index in [0.29, 0.717) is 12.1 Å². The van der Waals surface area contributed by atoms with Crippen LogP contribution < -0.4 is 0 Å². The van der Waals surface area contributed by atoms with Gasteiger partial charge in [0, 0.05) is 34.4 Å². The fourth-order valence-corrected chi connectivity index (χ4v) is 6.68. The molecule has 0 saturated carbocycles. The Labute approximate surface area is 401 Å². The monoisotopic (exact) mass is 1030 g/mol. The Morgan fingerprint density at radius 3 is 1.39 bits per heavy atom. The molecule has 1 N–H and O–H groups in total. The number of rotatable bonds is 12. The highest BCUT2D eigenvalue weighted by atomic mass is 35.5. The first-order chi connectivity index (χ1) is 30.2. The van der Waals surface area contributed by atoms with E-state index >= 15 is 0 Å². The molecule has 2 heterocycles. The van der Waals surface area contributed by atoms with Crippen LogP contribution in [0, 0.1) is 34.1 Å². The minimum atomic E-state index is -1.64. The van der Waals surface area contributed by atoms with E-state index in [-0.39, 0.29) is 74.6 Å². The number of carbonyl (C=O) groups excluding carboxylic acids is 6. The lowest BCUT2D eigenvalue weighted by molar-refractivity contribution is -0.179. The van der Waals surface area contributed by atoms with Crippen molar-refractivity contribution in [2.24, 2.45) is 10.8 Å². The Hall–Kier alpha value is -5.11. The van der Waals surface area contributed by atoms with Crippen LogP contribution in [0.5, 0.6) is 0 Å². The van der Waals surface area contributed by atoms with Gasteiger partial charge in [0.25, 0.3) is 0 Å². The van der Waals surface area contributed by atoms with E-state index in [9.17, 15) is 51.4 Å². The van der Waals surface area contributed by atoms with Gasteiger partial charge in [-0.3, -0.25) is 14.4 Å². The van der Waals surface area contributed by atoms with Crippen LogP contribution in [0.1, 0.15) is 72.3 Å². The highest BCUT2D eigenvalue weighted by Crippen LogP contribution is 2.46. The summed E-state index contributed by atoms with van der Waals surface area (Å²) < 4.78 is 79.2. The minimum Gasteiger partial charge on any atom is -0.469 e. The summed E-state index contributed by atoms with van der Waals surface area (Å²) in [5.41, 5.74) is -3.33. The number of pyridine rings is 2. The largest absolute Gasteiger partial charge is 0.469 e. The van der Waals surface area contributed by atoms with Gasteiger partial charge in [-0.05, 0) is 101 Å². The number of halogens is 9. The summed E-state index contributed by atoms with van der Waals surface area (Å²) in [5.74, 6) is -8.71. The molecule has 0 radical (unpaired) electrons. The van der Waals surface area contributed by atoms with Crippen LogP contribution in [0.15, 0.2) is 48.5 Å². The van der Waals surface area contributed by atoms with Crippen molar-refractivity contribution in [3.63, 3.8) is 0 Å². The first-order valence-corrected chi connectivity index (χ1v) is 20.3. The number of hydrogen-bond donors (Lipinski definition) is 1. The molecule has 360 valence electrons. The van der Waals surface area contributed by atoms with E-state index < -0.39 is 81.4 Å². The Bertz CT molecular complexity index is 2440. The van der Waals surface area contributed by atoms with Gasteiger partial charge in [0.2, 0.25) is 0 Å². The van der Waals surface area contributed by atoms with Crippen LogP contribution in [0.25, 0.3) is 22.3 Å². The molecular weight excluding hydrogens is 990 g/mol. The number of aliphatic hydroxyl groups is 1. The third-order valence-corrected chi connectivity index (χ3v) is 9.92. The Balaban J connectivity index is 0.000000569. The molecule has 2 atom stereocenters. The summed E-state index contributed by atoms with van der Waals surface area (Å²) in [6, 6.07) is 8.18. The molecule has 0 bridgehead atoms. The van der Waals surface area contributed by atoms with Gasteiger partial charge in [-0.2, -0.15) is 0 Å². The topological polar surface area (TPSA) is 195 Å². The third kappa shape index (κ3) is 15.0. The van der Waals surface area contributed by atoms with Crippen molar-refractivity contribution in [1.82, 2.24) is 9.97 Å². The summed E-state index contributed by atoms with van der Waals surface area (Å²) in [6.45, 7) is 8.76. The summed E-state index contributed by atoms with van der Waals surface area (Å²) in [6.07, 6.45) is -3.07. The zero-order valence-corrected chi connectivity index (χ0v) is 39.2. The predicted octanol–water partition coefficient (Wildman–Crippen LogP) is 10.2. The number of esters is 5. The van der Waals surface area contributed by atoms with E-state index in [4.69, 9.17) is 72.2 Å². The zero-order chi connectivity index (χ0) is 49.7. The van der Waals surface area contributed by atoms with E-state index in [1.807, 2.05) is 0 Å². The molecular formula is C43H43Cl5F4N2O12. The normalized spacial score (nSPS) is 11.7. The first-order valence-electron chi connectivity index (χ1n) is 18.4. The van der Waals surface area contributed by atoms with Gasteiger partial charge in [0.05, 0.1) is 39.0 Å². The van der Waals surface area contributed by atoms with Crippen molar-refractivity contribution in [3.8, 4) is 22.3 Å². The maximum absolute atomic E-state index is 14.6. The standard InChI is InChI=1S/C21H19Cl2F2NO6.C17H15Cl2F2NO3.C4H5ClO3.CH4/c1-5-31-18(27)19(28)32-16(21(2,3)20(29)30-4)15-12(9-14(22)26-17(15)23)11-7-6-10(24)8-13(11)25;1-17(2,16(24)25-3)14(23)13-10(7-12(18)22-15(13)19)9-5-4-8(20)6-11(9)21;1-2-8-4(7)3(5)6;/h6-9,16H,5H2,1-4H3;4-7,14,23H,1-3H3;2H2,1H3;1H4. The van der Waals surface area contributed by atoms with Crippen LogP contribution in [0.4, 0.5) is 17.6 Å². The number of carbonyl (C=O) groups is 6. The van der Waals surface area contributed by atoms with Crippen molar-refractivity contribution in [3.05, 3.63) is 104 Å². The zero-order valence-electron chi connectivity index (χ0n) is 35.4. The van der Waals surface area contributed by atoms with Gasteiger partial charge in [0.15, 0.2) is 0 Å². The van der Waals surface area contributed by atoms with Crippen molar-refractivity contribution in [1.29, 1.82) is 0 Å². The summed E-state index contributed by atoms with van der Waals surface area (Å²) in [7, 11) is 2.29. The lowest BCUT2D eigenvalue weighted by Crippen LogP contribution is -2.37. The van der Waals surface area contributed by atoms with E-state index in [0.717, 1.165) is 25.3 Å². The third-order valence-electron chi connectivity index (χ3n) is 8.80. The van der Waals surface area contributed by atoms with E-state index in [2.05, 4.69) is 19.4 Å². The second-order valence-electron chi connectivity index (χ2n) is 14.0. The second-order valence-corrected chi connectivity index (χ2v) is 15.8. The molecule has 2 aromatic heterocycles. The highest BCUT2D eigenvalue weighted by Gasteiger charge is 2.46. The van der Waals surface area contributed by atoms with Crippen LogP contribution in [0.2, 0.25) is 20.6 Å². The van der Waals surface area contributed by atoms with E-state index in [1.165, 1.54) is 59.9 Å². The lowest BCUT2D eigenvalue weighted by atomic mass is 9.80. The Kier molecular flexibility index (Phi) is 22.9. The predicted molar refractivity (Wildman–Crippen MR) is 235 cm³/mol. The second kappa shape index (κ2) is 25.7. The van der Waals surface area contributed by atoms with Crippen LogP contribution in [-0.2, 0) is 52.5 Å². The molecule has 4 rings (SSSR count). The first kappa shape index (κ1) is 58.9. The average molecular weight is 1030 g/mol. The van der Waals surface area contributed by atoms with Gasteiger partial charge in [-0.1, -0.05) is 53.8 Å². The summed E-state index contributed by atoms with van der Waals surface area (Å²) >= 11 is 29.0. The van der Waals surface area contributed by atoms with Gasteiger partial charge in [-0.25, -0.2) is 41.9 Å². The number of benzene rings is 2.